The van der Waals surface area contributed by atoms with E-state index < -0.39 is 5.69 Å². The van der Waals surface area contributed by atoms with Crippen molar-refractivity contribution in [3.63, 3.8) is 0 Å². The summed E-state index contributed by atoms with van der Waals surface area (Å²) in [5, 5.41) is 3.49. The van der Waals surface area contributed by atoms with Crippen molar-refractivity contribution >= 4 is 17.7 Å². The zero-order chi connectivity index (χ0) is 14.2. The molecule has 2 N–H and O–H groups in total. The van der Waals surface area contributed by atoms with Crippen LogP contribution in [0.2, 0.25) is 0 Å². The third kappa shape index (κ3) is 4.89. The highest BCUT2D eigenvalue weighted by Gasteiger charge is 2.03. The third-order valence-electron chi connectivity index (χ3n) is 2.59. The maximum atomic E-state index is 11.7. The number of H-pyrrole nitrogens is 1. The fraction of sp³-hybridized carbons (Fsp3) is 0.214. The first-order valence-electron chi connectivity index (χ1n) is 6.23. The van der Waals surface area contributed by atoms with E-state index in [0.717, 1.165) is 6.42 Å². The van der Waals surface area contributed by atoms with Crippen LogP contribution >= 0.6 is 11.8 Å². The van der Waals surface area contributed by atoms with Crippen molar-refractivity contribution in [1.82, 2.24) is 15.3 Å². The SMILES string of the molecule is O=C(CSc1ccnc(=O)[nH]1)NCCc1ccccc1. The van der Waals surface area contributed by atoms with Crippen molar-refractivity contribution in [2.24, 2.45) is 0 Å². The molecule has 0 aliphatic rings. The van der Waals surface area contributed by atoms with Gasteiger partial charge in [-0.2, -0.15) is 0 Å². The Bertz CT molecular complexity index is 613. The zero-order valence-corrected chi connectivity index (χ0v) is 11.7. The number of thioether (sulfide) groups is 1. The van der Waals surface area contributed by atoms with Crippen LogP contribution in [-0.2, 0) is 11.2 Å². The summed E-state index contributed by atoms with van der Waals surface area (Å²) < 4.78 is 0. The molecule has 0 saturated carbocycles. The first-order valence-corrected chi connectivity index (χ1v) is 7.21. The van der Waals surface area contributed by atoms with Crippen LogP contribution in [0.15, 0.2) is 52.4 Å². The van der Waals surface area contributed by atoms with Gasteiger partial charge in [0.15, 0.2) is 0 Å². The van der Waals surface area contributed by atoms with Gasteiger partial charge in [-0.25, -0.2) is 9.78 Å². The zero-order valence-electron chi connectivity index (χ0n) is 10.8. The van der Waals surface area contributed by atoms with E-state index in [4.69, 9.17) is 0 Å². The van der Waals surface area contributed by atoms with E-state index >= 15 is 0 Å². The lowest BCUT2D eigenvalue weighted by atomic mass is 10.1. The van der Waals surface area contributed by atoms with Crippen LogP contribution in [0.25, 0.3) is 0 Å². The van der Waals surface area contributed by atoms with Gasteiger partial charge in [0.2, 0.25) is 5.91 Å². The minimum atomic E-state index is -0.403. The second-order valence-corrected chi connectivity index (χ2v) is 5.13. The summed E-state index contributed by atoms with van der Waals surface area (Å²) in [5.74, 6) is 0.220. The van der Waals surface area contributed by atoms with Crippen LogP contribution in [0, 0.1) is 0 Å². The highest BCUT2D eigenvalue weighted by atomic mass is 32.2. The van der Waals surface area contributed by atoms with Crippen molar-refractivity contribution in [2.45, 2.75) is 11.4 Å². The summed E-state index contributed by atoms with van der Waals surface area (Å²) in [6.45, 7) is 0.607. The van der Waals surface area contributed by atoms with Crippen LogP contribution in [0.4, 0.5) is 0 Å². The largest absolute Gasteiger partial charge is 0.355 e. The lowest BCUT2D eigenvalue weighted by Crippen LogP contribution is -2.27. The Morgan fingerprint density at radius 2 is 2.05 bits per heavy atom. The lowest BCUT2D eigenvalue weighted by Gasteiger charge is -2.05. The Morgan fingerprint density at radius 1 is 1.25 bits per heavy atom. The predicted molar refractivity (Wildman–Crippen MR) is 78.7 cm³/mol. The molecule has 0 saturated heterocycles. The number of amides is 1. The fourth-order valence-electron chi connectivity index (χ4n) is 1.62. The van der Waals surface area contributed by atoms with Crippen LogP contribution in [-0.4, -0.2) is 28.2 Å². The molecule has 104 valence electrons. The molecule has 1 aromatic carbocycles. The van der Waals surface area contributed by atoms with Gasteiger partial charge in [-0.15, -0.1) is 0 Å². The quantitative estimate of drug-likeness (QED) is 0.619. The normalized spacial score (nSPS) is 10.2. The minimum Gasteiger partial charge on any atom is -0.355 e. The third-order valence-corrected chi connectivity index (χ3v) is 3.54. The molecule has 5 nitrogen and oxygen atoms in total. The Labute approximate surface area is 120 Å². The number of aromatic amines is 1. The summed E-state index contributed by atoms with van der Waals surface area (Å²) in [6, 6.07) is 11.7. The molecule has 0 unspecified atom stereocenters. The topological polar surface area (TPSA) is 74.8 Å². The number of carbonyl (C=O) groups excluding carboxylic acids is 1. The van der Waals surface area contributed by atoms with Crippen LogP contribution in [0.3, 0.4) is 0 Å². The lowest BCUT2D eigenvalue weighted by molar-refractivity contribution is -0.118. The van der Waals surface area contributed by atoms with Gasteiger partial charge in [-0.05, 0) is 18.1 Å². The van der Waals surface area contributed by atoms with Gasteiger partial charge in [-0.3, -0.25) is 4.79 Å². The second-order valence-electron chi connectivity index (χ2n) is 4.11. The molecule has 2 aromatic rings. The number of nitrogens with zero attached hydrogens (tertiary/aromatic N) is 1. The monoisotopic (exact) mass is 289 g/mol. The number of nitrogens with one attached hydrogen (secondary N) is 2. The van der Waals surface area contributed by atoms with Gasteiger partial charge in [0.05, 0.1) is 10.8 Å². The predicted octanol–water partition coefficient (Wildman–Crippen LogP) is 1.22. The van der Waals surface area contributed by atoms with E-state index in [2.05, 4.69) is 15.3 Å². The van der Waals surface area contributed by atoms with Gasteiger partial charge >= 0.3 is 5.69 Å². The second kappa shape index (κ2) is 7.49. The molecule has 2 rings (SSSR count). The summed E-state index contributed by atoms with van der Waals surface area (Å²) in [4.78, 5) is 28.7. The molecule has 0 aliphatic heterocycles. The molecular formula is C14H15N3O2S. The average Bonchev–Trinajstić information content (AvgIpc) is 2.46. The summed E-state index contributed by atoms with van der Waals surface area (Å²) in [7, 11) is 0. The van der Waals surface area contributed by atoms with Gasteiger partial charge in [-0.1, -0.05) is 42.1 Å². The van der Waals surface area contributed by atoms with Gasteiger partial charge in [0.25, 0.3) is 0 Å². The molecule has 0 fully saturated rings. The fourth-order valence-corrected chi connectivity index (χ4v) is 2.33. The van der Waals surface area contributed by atoms with E-state index in [1.165, 1.54) is 23.5 Å². The Morgan fingerprint density at radius 3 is 2.80 bits per heavy atom. The van der Waals surface area contributed by atoms with Crippen molar-refractivity contribution in [1.29, 1.82) is 0 Å². The molecule has 6 heteroatoms. The number of hydrogen-bond donors (Lipinski definition) is 2. The summed E-state index contributed by atoms with van der Waals surface area (Å²) in [6.07, 6.45) is 2.23. The molecule has 0 bridgehead atoms. The summed E-state index contributed by atoms with van der Waals surface area (Å²) in [5.41, 5.74) is 0.790. The van der Waals surface area contributed by atoms with E-state index in [1.54, 1.807) is 6.07 Å². The first kappa shape index (κ1) is 14.3. The van der Waals surface area contributed by atoms with Gasteiger partial charge in [0.1, 0.15) is 0 Å². The summed E-state index contributed by atoms with van der Waals surface area (Å²) >= 11 is 1.28. The number of carbonyl (C=O) groups is 1. The standard InChI is InChI=1S/C14H15N3O2S/c18-12(10-20-13-7-9-16-14(19)17-13)15-8-6-11-4-2-1-3-5-11/h1-5,7,9H,6,8,10H2,(H,15,18)(H,16,17,19). The van der Waals surface area contributed by atoms with E-state index in [-0.39, 0.29) is 11.7 Å². The molecule has 0 atom stereocenters. The highest BCUT2D eigenvalue weighted by Crippen LogP contribution is 2.11. The highest BCUT2D eigenvalue weighted by molar-refractivity contribution is 7.99. The van der Waals surface area contributed by atoms with Crippen molar-refractivity contribution in [3.05, 3.63) is 58.6 Å². The van der Waals surface area contributed by atoms with Gasteiger partial charge < -0.3 is 10.3 Å². The average molecular weight is 289 g/mol. The van der Waals surface area contributed by atoms with E-state index in [0.29, 0.717) is 11.6 Å². The van der Waals surface area contributed by atoms with Gasteiger partial charge in [0, 0.05) is 12.7 Å². The number of hydrogen-bond acceptors (Lipinski definition) is 4. The molecule has 20 heavy (non-hydrogen) atoms. The maximum absolute atomic E-state index is 11.7. The van der Waals surface area contributed by atoms with Crippen LogP contribution in [0.1, 0.15) is 5.56 Å². The Balaban J connectivity index is 1.69. The molecule has 1 heterocycles. The van der Waals surface area contributed by atoms with E-state index in [9.17, 15) is 9.59 Å². The van der Waals surface area contributed by atoms with Crippen molar-refractivity contribution in [2.75, 3.05) is 12.3 Å². The molecule has 1 amide bonds. The number of benzene rings is 1. The maximum Gasteiger partial charge on any atom is 0.345 e. The molecule has 1 aromatic heterocycles. The number of aromatic nitrogens is 2. The minimum absolute atomic E-state index is 0.0522. The van der Waals surface area contributed by atoms with Crippen LogP contribution in [0.5, 0.6) is 0 Å². The van der Waals surface area contributed by atoms with Crippen molar-refractivity contribution < 1.29 is 4.79 Å². The Kier molecular flexibility index (Phi) is 5.37. The Hall–Kier alpha value is -2.08. The van der Waals surface area contributed by atoms with Crippen LogP contribution < -0.4 is 11.0 Å². The molecule has 0 aliphatic carbocycles. The smallest absolute Gasteiger partial charge is 0.345 e. The molecule has 0 spiro atoms. The molecular weight excluding hydrogens is 274 g/mol. The molecule has 0 radical (unpaired) electrons. The van der Waals surface area contributed by atoms with Crippen molar-refractivity contribution in [3.8, 4) is 0 Å². The van der Waals surface area contributed by atoms with E-state index in [1.807, 2.05) is 30.3 Å². The first-order chi connectivity index (χ1) is 9.74. The number of rotatable bonds is 6.